The molecule has 1 fully saturated rings. The first-order chi connectivity index (χ1) is 10.7. The second-order valence-corrected chi connectivity index (χ2v) is 6.48. The van der Waals surface area contributed by atoms with E-state index in [0.29, 0.717) is 0 Å². The third-order valence-corrected chi connectivity index (χ3v) is 4.94. The molecule has 0 saturated carbocycles. The number of likely N-dealkylation sites (N-methyl/N-ethyl adjacent to an activating group) is 1. The number of aliphatic imine (C=N–C) groups is 1. The highest BCUT2D eigenvalue weighted by molar-refractivity contribution is 7.14. The van der Waals surface area contributed by atoms with Crippen molar-refractivity contribution in [3.63, 3.8) is 0 Å². The highest BCUT2D eigenvalue weighted by Crippen LogP contribution is 2.22. The monoisotopic (exact) mass is 323 g/mol. The predicted molar refractivity (Wildman–Crippen MR) is 97.3 cm³/mol. The second-order valence-electron chi connectivity index (χ2n) is 5.56. The molecule has 2 heterocycles. The molecule has 0 unspecified atom stereocenters. The minimum atomic E-state index is 0.859. The summed E-state index contributed by atoms with van der Waals surface area (Å²) < 4.78 is 0. The standard InChI is InChI=1S/C16H29N5S/c1-4-17-16(18-8-9-19(3)5-2)21-12-10-20(11-13-21)15-7-6-14-22-15/h6-7,14H,4-5,8-13H2,1-3H3,(H,17,18). The molecule has 0 bridgehead atoms. The van der Waals surface area contributed by atoms with Crippen LogP contribution in [0.5, 0.6) is 0 Å². The van der Waals surface area contributed by atoms with Crippen LogP contribution in [0.25, 0.3) is 0 Å². The van der Waals surface area contributed by atoms with E-state index in [0.717, 1.165) is 58.3 Å². The molecular formula is C16H29N5S. The van der Waals surface area contributed by atoms with Crippen LogP contribution >= 0.6 is 11.3 Å². The Hall–Kier alpha value is -1.27. The SMILES string of the molecule is CCNC(=NCCN(C)CC)N1CCN(c2cccs2)CC1. The van der Waals surface area contributed by atoms with Crippen LogP contribution < -0.4 is 10.2 Å². The zero-order valence-electron chi connectivity index (χ0n) is 14.1. The van der Waals surface area contributed by atoms with Gasteiger partial charge in [0.05, 0.1) is 11.5 Å². The topological polar surface area (TPSA) is 34.1 Å². The third-order valence-electron chi connectivity index (χ3n) is 4.02. The molecular weight excluding hydrogens is 294 g/mol. The molecule has 1 aliphatic rings. The Bertz CT molecular complexity index is 437. The summed E-state index contributed by atoms with van der Waals surface area (Å²) in [5.74, 6) is 1.07. The van der Waals surface area contributed by atoms with Crippen LogP contribution in [0.2, 0.25) is 0 Å². The molecule has 0 radical (unpaired) electrons. The van der Waals surface area contributed by atoms with Gasteiger partial charge in [0.1, 0.15) is 0 Å². The first kappa shape index (κ1) is 17.1. The molecule has 5 nitrogen and oxygen atoms in total. The number of nitrogens with zero attached hydrogens (tertiary/aromatic N) is 4. The van der Waals surface area contributed by atoms with Gasteiger partial charge in [-0.3, -0.25) is 4.99 Å². The van der Waals surface area contributed by atoms with Gasteiger partial charge in [0.2, 0.25) is 0 Å². The van der Waals surface area contributed by atoms with Crippen molar-refractivity contribution in [3.8, 4) is 0 Å². The number of anilines is 1. The quantitative estimate of drug-likeness (QED) is 0.639. The zero-order valence-corrected chi connectivity index (χ0v) is 14.9. The summed E-state index contributed by atoms with van der Waals surface area (Å²) >= 11 is 1.82. The first-order valence-corrected chi connectivity index (χ1v) is 9.12. The van der Waals surface area contributed by atoms with Crippen molar-refractivity contribution >= 4 is 22.3 Å². The Morgan fingerprint density at radius 3 is 2.68 bits per heavy atom. The smallest absolute Gasteiger partial charge is 0.194 e. The van der Waals surface area contributed by atoms with Crippen LogP contribution in [-0.4, -0.2) is 75.2 Å². The minimum Gasteiger partial charge on any atom is -0.360 e. The molecule has 6 heteroatoms. The fraction of sp³-hybridized carbons (Fsp3) is 0.688. The third kappa shape index (κ3) is 4.88. The summed E-state index contributed by atoms with van der Waals surface area (Å²) in [5, 5.41) is 6.97. The lowest BCUT2D eigenvalue weighted by Crippen LogP contribution is -2.52. The van der Waals surface area contributed by atoms with Crippen LogP contribution in [0.3, 0.4) is 0 Å². The van der Waals surface area contributed by atoms with E-state index in [1.54, 1.807) is 0 Å². The lowest BCUT2D eigenvalue weighted by molar-refractivity contribution is 0.355. The number of guanidine groups is 1. The molecule has 124 valence electrons. The van der Waals surface area contributed by atoms with E-state index in [9.17, 15) is 0 Å². The van der Waals surface area contributed by atoms with Gasteiger partial charge in [-0.1, -0.05) is 6.92 Å². The maximum Gasteiger partial charge on any atom is 0.194 e. The van der Waals surface area contributed by atoms with Gasteiger partial charge >= 0.3 is 0 Å². The number of piperazine rings is 1. The summed E-state index contributed by atoms with van der Waals surface area (Å²) in [6.07, 6.45) is 0. The maximum absolute atomic E-state index is 4.79. The first-order valence-electron chi connectivity index (χ1n) is 8.24. The highest BCUT2D eigenvalue weighted by Gasteiger charge is 2.20. The summed E-state index contributed by atoms with van der Waals surface area (Å²) in [6, 6.07) is 4.34. The molecule has 1 aromatic rings. The lowest BCUT2D eigenvalue weighted by atomic mass is 10.3. The summed E-state index contributed by atoms with van der Waals surface area (Å²) in [4.78, 5) is 11.9. The predicted octanol–water partition coefficient (Wildman–Crippen LogP) is 1.79. The van der Waals surface area contributed by atoms with Gasteiger partial charge in [-0.2, -0.15) is 0 Å². The van der Waals surface area contributed by atoms with Crippen LogP contribution in [0.15, 0.2) is 22.5 Å². The molecule has 22 heavy (non-hydrogen) atoms. The fourth-order valence-corrected chi connectivity index (χ4v) is 3.28. The molecule has 0 aliphatic carbocycles. The van der Waals surface area contributed by atoms with Crippen LogP contribution in [0.4, 0.5) is 5.00 Å². The second kappa shape index (κ2) is 9.00. The minimum absolute atomic E-state index is 0.859. The molecule has 2 rings (SSSR count). The van der Waals surface area contributed by atoms with E-state index in [1.807, 2.05) is 11.3 Å². The highest BCUT2D eigenvalue weighted by atomic mass is 32.1. The summed E-state index contributed by atoms with van der Waals surface area (Å²) in [7, 11) is 2.14. The van der Waals surface area contributed by atoms with Gasteiger partial charge < -0.3 is 20.0 Å². The van der Waals surface area contributed by atoms with Gasteiger partial charge in [0, 0.05) is 39.3 Å². The Labute approximate surface area is 138 Å². The van der Waals surface area contributed by atoms with Crippen molar-refractivity contribution in [1.29, 1.82) is 0 Å². The molecule has 1 aliphatic heterocycles. The van der Waals surface area contributed by atoms with Gasteiger partial charge in [0.15, 0.2) is 5.96 Å². The van der Waals surface area contributed by atoms with Gasteiger partial charge in [-0.15, -0.1) is 11.3 Å². The number of hydrogen-bond acceptors (Lipinski definition) is 4. The van der Waals surface area contributed by atoms with Crippen molar-refractivity contribution in [1.82, 2.24) is 15.1 Å². The number of thiophene rings is 1. The molecule has 0 amide bonds. The van der Waals surface area contributed by atoms with Crippen molar-refractivity contribution in [2.45, 2.75) is 13.8 Å². The van der Waals surface area contributed by atoms with Crippen molar-refractivity contribution in [3.05, 3.63) is 17.5 Å². The van der Waals surface area contributed by atoms with Crippen LogP contribution in [0, 0.1) is 0 Å². The van der Waals surface area contributed by atoms with Crippen molar-refractivity contribution in [2.75, 3.05) is 64.3 Å². The summed E-state index contributed by atoms with van der Waals surface area (Å²) in [5.41, 5.74) is 0. The Kier molecular flexibility index (Phi) is 6.99. The van der Waals surface area contributed by atoms with Gasteiger partial charge in [-0.25, -0.2) is 0 Å². The van der Waals surface area contributed by atoms with Crippen LogP contribution in [-0.2, 0) is 0 Å². The molecule has 1 N–H and O–H groups in total. The number of hydrogen-bond donors (Lipinski definition) is 1. The molecule has 0 spiro atoms. The van der Waals surface area contributed by atoms with E-state index in [4.69, 9.17) is 4.99 Å². The Balaban J connectivity index is 1.86. The van der Waals surface area contributed by atoms with Crippen molar-refractivity contribution in [2.24, 2.45) is 4.99 Å². The van der Waals surface area contributed by atoms with E-state index < -0.39 is 0 Å². The summed E-state index contributed by atoms with van der Waals surface area (Å²) in [6.45, 7) is 12.4. The van der Waals surface area contributed by atoms with Crippen LogP contribution in [0.1, 0.15) is 13.8 Å². The van der Waals surface area contributed by atoms with E-state index >= 15 is 0 Å². The van der Waals surface area contributed by atoms with E-state index in [1.165, 1.54) is 5.00 Å². The zero-order chi connectivity index (χ0) is 15.8. The number of rotatable bonds is 6. The normalized spacial score (nSPS) is 16.5. The molecule has 1 aromatic heterocycles. The van der Waals surface area contributed by atoms with Gasteiger partial charge in [-0.05, 0) is 38.0 Å². The Morgan fingerprint density at radius 2 is 2.09 bits per heavy atom. The maximum atomic E-state index is 4.79. The molecule has 0 atom stereocenters. The fourth-order valence-electron chi connectivity index (χ4n) is 2.50. The van der Waals surface area contributed by atoms with E-state index in [2.05, 4.69) is 58.4 Å². The average Bonchev–Trinajstić information content (AvgIpc) is 3.08. The molecule has 0 aromatic carbocycles. The largest absolute Gasteiger partial charge is 0.360 e. The molecule has 1 saturated heterocycles. The lowest BCUT2D eigenvalue weighted by Gasteiger charge is -2.37. The Morgan fingerprint density at radius 1 is 1.32 bits per heavy atom. The van der Waals surface area contributed by atoms with Crippen molar-refractivity contribution < 1.29 is 0 Å². The number of nitrogens with one attached hydrogen (secondary N) is 1. The average molecular weight is 324 g/mol. The van der Waals surface area contributed by atoms with Gasteiger partial charge in [0.25, 0.3) is 0 Å². The van der Waals surface area contributed by atoms with E-state index in [-0.39, 0.29) is 0 Å².